The van der Waals surface area contributed by atoms with Gasteiger partial charge in [-0.2, -0.15) is 0 Å². The monoisotopic (exact) mass is 265 g/mol. The van der Waals surface area contributed by atoms with Crippen molar-refractivity contribution in [3.05, 3.63) is 59.6 Å². The third-order valence-corrected chi connectivity index (χ3v) is 2.64. The predicted octanol–water partition coefficient (Wildman–Crippen LogP) is 2.92. The van der Waals surface area contributed by atoms with Crippen LogP contribution in [0.2, 0.25) is 0 Å². The molecule has 0 aliphatic carbocycles. The van der Waals surface area contributed by atoms with Gasteiger partial charge in [0.05, 0.1) is 18.4 Å². The summed E-state index contributed by atoms with van der Waals surface area (Å²) in [7, 11) is 0. The highest BCUT2D eigenvalue weighted by Crippen LogP contribution is 2.11. The van der Waals surface area contributed by atoms with Gasteiger partial charge < -0.3 is 9.73 Å². The Morgan fingerprint density at radius 1 is 1.26 bits per heavy atom. The lowest BCUT2D eigenvalue weighted by molar-refractivity contribution is 0.0978. The highest BCUT2D eigenvalue weighted by Gasteiger charge is 2.12. The fourth-order valence-electron chi connectivity index (χ4n) is 1.67. The second kappa shape index (κ2) is 6.24. The Morgan fingerprint density at radius 2 is 2.11 bits per heavy atom. The molecule has 0 saturated carbocycles. The van der Waals surface area contributed by atoms with Gasteiger partial charge in [-0.05, 0) is 30.3 Å². The van der Waals surface area contributed by atoms with E-state index < -0.39 is 17.4 Å². The van der Waals surface area contributed by atoms with Gasteiger partial charge in [0.15, 0.2) is 5.78 Å². The number of halogens is 2. The molecule has 0 bridgehead atoms. The molecule has 0 aliphatic heterocycles. The number of carbonyl (C=O) groups is 1. The lowest BCUT2D eigenvalue weighted by atomic mass is 10.1. The highest BCUT2D eigenvalue weighted by molar-refractivity contribution is 5.96. The number of rotatable bonds is 6. The molecule has 1 aromatic heterocycles. The molecule has 1 N–H and O–H groups in total. The molecule has 1 heterocycles. The van der Waals surface area contributed by atoms with E-state index in [-0.39, 0.29) is 12.0 Å². The lowest BCUT2D eigenvalue weighted by Crippen LogP contribution is -2.18. The minimum atomic E-state index is -0.697. The minimum absolute atomic E-state index is 0.0983. The van der Waals surface area contributed by atoms with Gasteiger partial charge in [-0.25, -0.2) is 8.78 Å². The van der Waals surface area contributed by atoms with Crippen molar-refractivity contribution in [1.82, 2.24) is 5.32 Å². The SMILES string of the molecule is O=C(CCNCc1ccco1)c1cc(F)ccc1F. The Bertz CT molecular complexity index is 553. The molecule has 19 heavy (non-hydrogen) atoms. The summed E-state index contributed by atoms with van der Waals surface area (Å²) in [6.45, 7) is 0.862. The lowest BCUT2D eigenvalue weighted by Gasteiger charge is -2.04. The average Bonchev–Trinajstić information content (AvgIpc) is 2.90. The van der Waals surface area contributed by atoms with Gasteiger partial charge in [0.25, 0.3) is 0 Å². The number of nitrogens with one attached hydrogen (secondary N) is 1. The largest absolute Gasteiger partial charge is 0.468 e. The van der Waals surface area contributed by atoms with Crippen molar-refractivity contribution in [3.8, 4) is 0 Å². The van der Waals surface area contributed by atoms with E-state index >= 15 is 0 Å². The van der Waals surface area contributed by atoms with Crippen LogP contribution in [0.1, 0.15) is 22.5 Å². The van der Waals surface area contributed by atoms with Crippen molar-refractivity contribution < 1.29 is 18.0 Å². The van der Waals surface area contributed by atoms with E-state index in [1.807, 2.05) is 0 Å². The summed E-state index contributed by atoms with van der Waals surface area (Å²) in [5.41, 5.74) is -0.209. The number of furan rings is 1. The maximum atomic E-state index is 13.3. The molecule has 2 rings (SSSR count). The van der Waals surface area contributed by atoms with E-state index in [2.05, 4.69) is 5.32 Å². The molecule has 5 heteroatoms. The Kier molecular flexibility index (Phi) is 4.41. The second-order valence-electron chi connectivity index (χ2n) is 4.05. The zero-order valence-electron chi connectivity index (χ0n) is 10.2. The first kappa shape index (κ1) is 13.4. The summed E-state index contributed by atoms with van der Waals surface area (Å²) in [5.74, 6) is -0.987. The predicted molar refractivity (Wildman–Crippen MR) is 65.7 cm³/mol. The number of hydrogen-bond acceptors (Lipinski definition) is 3. The third-order valence-electron chi connectivity index (χ3n) is 2.64. The molecule has 2 aromatic rings. The van der Waals surface area contributed by atoms with Crippen molar-refractivity contribution in [1.29, 1.82) is 0 Å². The molecule has 1 aromatic carbocycles. The van der Waals surface area contributed by atoms with Crippen LogP contribution in [-0.4, -0.2) is 12.3 Å². The third kappa shape index (κ3) is 3.72. The Morgan fingerprint density at radius 3 is 2.84 bits per heavy atom. The first-order valence-corrected chi connectivity index (χ1v) is 5.88. The van der Waals surface area contributed by atoms with E-state index in [9.17, 15) is 13.6 Å². The smallest absolute Gasteiger partial charge is 0.167 e. The Hall–Kier alpha value is -2.01. The molecule has 3 nitrogen and oxygen atoms in total. The Balaban J connectivity index is 1.82. The molecule has 0 amide bonds. The summed E-state index contributed by atoms with van der Waals surface area (Å²) in [4.78, 5) is 11.7. The number of hydrogen-bond donors (Lipinski definition) is 1. The average molecular weight is 265 g/mol. The molecule has 0 unspecified atom stereocenters. The standard InChI is InChI=1S/C14H13F2NO2/c15-10-3-4-13(16)12(8-10)14(18)5-6-17-9-11-2-1-7-19-11/h1-4,7-8,17H,5-6,9H2. The molecule has 0 radical (unpaired) electrons. The van der Waals surface area contributed by atoms with Crippen molar-refractivity contribution in [2.75, 3.05) is 6.54 Å². The molecule has 0 fully saturated rings. The van der Waals surface area contributed by atoms with Crippen molar-refractivity contribution >= 4 is 5.78 Å². The highest BCUT2D eigenvalue weighted by atomic mass is 19.1. The minimum Gasteiger partial charge on any atom is -0.468 e. The van der Waals surface area contributed by atoms with Crippen LogP contribution in [0.3, 0.4) is 0 Å². The van der Waals surface area contributed by atoms with Gasteiger partial charge in [-0.3, -0.25) is 4.79 Å². The molecule has 0 aliphatic rings. The van der Waals surface area contributed by atoms with Crippen LogP contribution in [0.15, 0.2) is 41.0 Å². The van der Waals surface area contributed by atoms with Gasteiger partial charge >= 0.3 is 0 Å². The van der Waals surface area contributed by atoms with Crippen LogP contribution >= 0.6 is 0 Å². The molecular formula is C14H13F2NO2. The summed E-state index contributed by atoms with van der Waals surface area (Å²) >= 11 is 0. The number of ketones is 1. The molecular weight excluding hydrogens is 252 g/mol. The van der Waals surface area contributed by atoms with Gasteiger partial charge in [-0.15, -0.1) is 0 Å². The summed E-state index contributed by atoms with van der Waals surface area (Å²) in [5, 5.41) is 2.99. The topological polar surface area (TPSA) is 42.2 Å². The zero-order chi connectivity index (χ0) is 13.7. The van der Waals surface area contributed by atoms with Crippen LogP contribution in [0.25, 0.3) is 0 Å². The number of carbonyl (C=O) groups excluding carboxylic acids is 1. The maximum Gasteiger partial charge on any atom is 0.167 e. The number of Topliss-reactive ketones (excluding diaryl/α,β-unsaturated/α-hetero) is 1. The van der Waals surface area contributed by atoms with E-state index in [0.29, 0.717) is 13.1 Å². The van der Waals surface area contributed by atoms with Crippen LogP contribution in [0.4, 0.5) is 8.78 Å². The first-order valence-electron chi connectivity index (χ1n) is 5.88. The quantitative estimate of drug-likeness (QED) is 0.645. The molecule has 0 spiro atoms. The summed E-state index contributed by atoms with van der Waals surface area (Å²) in [6.07, 6.45) is 1.66. The van der Waals surface area contributed by atoms with Gasteiger partial charge in [-0.1, -0.05) is 0 Å². The van der Waals surface area contributed by atoms with Gasteiger partial charge in [0, 0.05) is 13.0 Å². The van der Waals surface area contributed by atoms with Crippen LogP contribution in [0.5, 0.6) is 0 Å². The Labute approximate surface area is 109 Å². The van der Waals surface area contributed by atoms with Crippen molar-refractivity contribution in [2.45, 2.75) is 13.0 Å². The van der Waals surface area contributed by atoms with E-state index in [0.717, 1.165) is 24.0 Å². The van der Waals surface area contributed by atoms with Crippen molar-refractivity contribution in [2.24, 2.45) is 0 Å². The fraction of sp³-hybridized carbons (Fsp3) is 0.214. The van der Waals surface area contributed by atoms with E-state index in [1.165, 1.54) is 0 Å². The van der Waals surface area contributed by atoms with Crippen LogP contribution in [0, 0.1) is 11.6 Å². The van der Waals surface area contributed by atoms with Crippen molar-refractivity contribution in [3.63, 3.8) is 0 Å². The van der Waals surface area contributed by atoms with Crippen LogP contribution in [-0.2, 0) is 6.54 Å². The van der Waals surface area contributed by atoms with E-state index in [1.54, 1.807) is 18.4 Å². The zero-order valence-corrected chi connectivity index (χ0v) is 10.2. The van der Waals surface area contributed by atoms with Gasteiger partial charge in [0.2, 0.25) is 0 Å². The summed E-state index contributed by atoms with van der Waals surface area (Å²) < 4.78 is 31.4. The molecule has 0 atom stereocenters. The molecule has 0 saturated heterocycles. The van der Waals surface area contributed by atoms with E-state index in [4.69, 9.17) is 4.42 Å². The fourth-order valence-corrected chi connectivity index (χ4v) is 1.67. The molecule has 100 valence electrons. The summed E-state index contributed by atoms with van der Waals surface area (Å²) in [6, 6.07) is 6.44. The van der Waals surface area contributed by atoms with Crippen LogP contribution < -0.4 is 5.32 Å². The second-order valence-corrected chi connectivity index (χ2v) is 4.05. The maximum absolute atomic E-state index is 13.3. The van der Waals surface area contributed by atoms with Gasteiger partial charge in [0.1, 0.15) is 17.4 Å². The number of benzene rings is 1. The first-order chi connectivity index (χ1) is 9.16. The normalized spacial score (nSPS) is 10.6.